The number of rotatable bonds is 12. The van der Waals surface area contributed by atoms with Crippen LogP contribution in [0.3, 0.4) is 0 Å². The van der Waals surface area contributed by atoms with Crippen LogP contribution in [0.2, 0.25) is 0 Å². The zero-order valence-corrected chi connectivity index (χ0v) is 34.7. The van der Waals surface area contributed by atoms with Gasteiger partial charge in [0.15, 0.2) is 0 Å². The number of likely N-dealkylation sites (tertiary alicyclic amines) is 2. The minimum atomic E-state index is -0.693. The third kappa shape index (κ3) is 9.56. The highest BCUT2D eigenvalue weighted by Gasteiger charge is 2.40. The maximum atomic E-state index is 13.9. The smallest absolute Gasteiger partial charge is 0.408 e. The first-order chi connectivity index (χ1) is 28.5. The lowest BCUT2D eigenvalue weighted by Gasteiger charge is -2.32. The molecule has 15 heteroatoms. The number of alkyl carbamates (subject to hydrolysis) is 2. The number of amides is 4. The Morgan fingerprint density at radius 1 is 0.763 bits per heavy atom. The van der Waals surface area contributed by atoms with Gasteiger partial charge in [0, 0.05) is 25.9 Å². The monoisotopic (exact) mass is 810 g/mol. The molecule has 5 heterocycles. The van der Waals surface area contributed by atoms with Gasteiger partial charge in [0.1, 0.15) is 29.8 Å². The number of aromatic nitrogens is 2. The van der Waals surface area contributed by atoms with Gasteiger partial charge >= 0.3 is 12.2 Å². The topological polar surface area (TPSA) is 180 Å². The molecule has 0 radical (unpaired) electrons. The molecule has 316 valence electrons. The normalized spacial score (nSPS) is 21.9. The number of hydrogen-bond acceptors (Lipinski definition) is 10. The second-order valence-corrected chi connectivity index (χ2v) is 16.6. The van der Waals surface area contributed by atoms with Crippen LogP contribution in [0.5, 0.6) is 0 Å². The maximum absolute atomic E-state index is 13.9. The average molecular weight is 811 g/mol. The quantitative estimate of drug-likeness (QED) is 0.177. The molecule has 3 fully saturated rings. The fourth-order valence-corrected chi connectivity index (χ4v) is 8.56. The Bertz CT molecular complexity index is 1970. The largest absolute Gasteiger partial charge is 0.453 e. The number of nitrogens with zero attached hydrogens (tertiary/aromatic N) is 4. The van der Waals surface area contributed by atoms with Crippen LogP contribution in [0.25, 0.3) is 22.4 Å². The predicted octanol–water partition coefficient (Wildman–Crippen LogP) is 5.75. The van der Waals surface area contributed by atoms with Crippen molar-refractivity contribution in [3.8, 4) is 22.4 Å². The number of amidine groups is 1. The summed E-state index contributed by atoms with van der Waals surface area (Å²) in [6.07, 6.45) is 5.06. The molecule has 59 heavy (non-hydrogen) atoms. The fourth-order valence-electron chi connectivity index (χ4n) is 8.56. The van der Waals surface area contributed by atoms with E-state index in [-0.39, 0.29) is 47.9 Å². The summed E-state index contributed by atoms with van der Waals surface area (Å²) in [7, 11) is 1.29. The molecule has 1 aromatic heterocycles. The number of ether oxygens (including phenoxy) is 3. The van der Waals surface area contributed by atoms with E-state index in [9.17, 15) is 19.2 Å². The van der Waals surface area contributed by atoms with Gasteiger partial charge < -0.3 is 44.9 Å². The maximum Gasteiger partial charge on any atom is 0.408 e. The number of nitrogens with one attached hydrogen (secondary N) is 4. The summed E-state index contributed by atoms with van der Waals surface area (Å²) in [6, 6.07) is 15.0. The SMILES string of the molecule is COC(=O)N[C@H](C(=O)N1CCCC1c1ncc(-c2ccc(-c3ccc(C4CN=C([C@@H]5CCCN5C(=O)[C@@H](NC(=O)OC5CCOCC5)C(C)C)N4)cc3)cc2)[nH]1)C(C)C. The molecular formula is C44H58N8O7. The number of benzene rings is 2. The van der Waals surface area contributed by atoms with E-state index in [0.29, 0.717) is 45.7 Å². The molecule has 4 amide bonds. The molecule has 15 nitrogen and oxygen atoms in total. The van der Waals surface area contributed by atoms with Crippen molar-refractivity contribution in [1.82, 2.24) is 35.7 Å². The lowest BCUT2D eigenvalue weighted by molar-refractivity contribution is -0.135. The Labute approximate surface area is 346 Å². The van der Waals surface area contributed by atoms with Crippen LogP contribution in [0.15, 0.2) is 59.7 Å². The van der Waals surface area contributed by atoms with Crippen molar-refractivity contribution in [2.24, 2.45) is 16.8 Å². The van der Waals surface area contributed by atoms with E-state index >= 15 is 0 Å². The number of H-pyrrole nitrogens is 1. The number of aromatic amines is 1. The van der Waals surface area contributed by atoms with Crippen LogP contribution in [0.4, 0.5) is 9.59 Å². The van der Waals surface area contributed by atoms with Crippen LogP contribution in [-0.2, 0) is 23.8 Å². The van der Waals surface area contributed by atoms with Crippen LogP contribution in [-0.4, -0.2) is 114 Å². The van der Waals surface area contributed by atoms with E-state index in [1.807, 2.05) is 43.7 Å². The van der Waals surface area contributed by atoms with Crippen molar-refractivity contribution in [3.63, 3.8) is 0 Å². The Hall–Kier alpha value is -5.44. The molecule has 0 aliphatic carbocycles. The molecule has 4 aliphatic heterocycles. The summed E-state index contributed by atoms with van der Waals surface area (Å²) in [4.78, 5) is 68.9. The second-order valence-electron chi connectivity index (χ2n) is 16.6. The number of carbonyl (C=O) groups excluding carboxylic acids is 4. The first-order valence-corrected chi connectivity index (χ1v) is 21.1. The van der Waals surface area contributed by atoms with Gasteiger partial charge in [0.2, 0.25) is 11.8 Å². The predicted molar refractivity (Wildman–Crippen MR) is 222 cm³/mol. The van der Waals surface area contributed by atoms with Crippen molar-refractivity contribution >= 4 is 29.8 Å². The zero-order chi connectivity index (χ0) is 41.6. The van der Waals surface area contributed by atoms with Crippen LogP contribution in [0.1, 0.15) is 89.7 Å². The van der Waals surface area contributed by atoms with E-state index in [1.165, 1.54) is 7.11 Å². The average Bonchev–Trinajstić information content (AvgIpc) is 4.09. The number of imidazole rings is 1. The molecule has 0 bridgehead atoms. The van der Waals surface area contributed by atoms with Gasteiger partial charge in [-0.15, -0.1) is 0 Å². The third-order valence-corrected chi connectivity index (χ3v) is 11.9. The highest BCUT2D eigenvalue weighted by Crippen LogP contribution is 2.34. The summed E-state index contributed by atoms with van der Waals surface area (Å²) in [5, 5.41) is 9.17. The molecule has 3 aromatic rings. The van der Waals surface area contributed by atoms with Gasteiger partial charge in [-0.25, -0.2) is 14.6 Å². The summed E-state index contributed by atoms with van der Waals surface area (Å²) in [6.45, 7) is 10.6. The highest BCUT2D eigenvalue weighted by atomic mass is 16.6. The number of methoxy groups -OCH3 is 1. The van der Waals surface area contributed by atoms with Gasteiger partial charge in [0.05, 0.1) is 56.9 Å². The molecule has 0 saturated carbocycles. The van der Waals surface area contributed by atoms with Crippen LogP contribution >= 0.6 is 0 Å². The molecule has 4 aliphatic rings. The van der Waals surface area contributed by atoms with E-state index in [2.05, 4.69) is 74.4 Å². The van der Waals surface area contributed by atoms with Gasteiger partial charge in [-0.1, -0.05) is 76.2 Å². The lowest BCUT2D eigenvalue weighted by atomic mass is 9.99. The molecule has 5 atom stereocenters. The van der Waals surface area contributed by atoms with E-state index < -0.39 is 24.3 Å². The molecule has 7 rings (SSSR count). The molecule has 0 spiro atoms. The summed E-state index contributed by atoms with van der Waals surface area (Å²) >= 11 is 0. The second kappa shape index (κ2) is 18.6. The van der Waals surface area contributed by atoms with Gasteiger partial charge in [0.25, 0.3) is 0 Å². The highest BCUT2D eigenvalue weighted by molar-refractivity contribution is 5.95. The number of aliphatic imine (C=N–C) groups is 1. The fraction of sp³-hybridized carbons (Fsp3) is 0.545. The lowest BCUT2D eigenvalue weighted by Crippen LogP contribution is -2.55. The molecule has 2 aromatic carbocycles. The van der Waals surface area contributed by atoms with E-state index in [4.69, 9.17) is 19.2 Å². The van der Waals surface area contributed by atoms with Crippen molar-refractivity contribution in [2.75, 3.05) is 40.0 Å². The van der Waals surface area contributed by atoms with Crippen molar-refractivity contribution < 1.29 is 33.4 Å². The van der Waals surface area contributed by atoms with E-state index in [1.54, 1.807) is 0 Å². The standard InChI is InChI=1S/C44H58N8O7/c1-26(2)37(49-43(55)57-5)41(53)51-20-6-8-35(51)39-45-24-33(47-39)30-14-10-28(11-15-30)29-12-16-31(17-13-29)34-25-46-40(48-34)36-9-7-21-52(36)42(54)38(27(3)4)50-44(56)59-32-18-22-58-23-19-32/h10-17,24,26-27,32,34-38H,6-9,18-23,25H2,1-5H3,(H,45,47)(H,46,48)(H,49,55)(H,50,56)/t34?,35?,36-,37-,38-/m0/s1. The number of carbonyl (C=O) groups is 4. The molecule has 4 N–H and O–H groups in total. The molecule has 2 unspecified atom stereocenters. The zero-order valence-electron chi connectivity index (χ0n) is 34.7. The Kier molecular flexibility index (Phi) is 13.2. The van der Waals surface area contributed by atoms with Gasteiger partial charge in [-0.3, -0.25) is 14.6 Å². The summed E-state index contributed by atoms with van der Waals surface area (Å²) < 4.78 is 15.8. The Morgan fingerprint density at radius 2 is 1.32 bits per heavy atom. The van der Waals surface area contributed by atoms with Crippen molar-refractivity contribution in [2.45, 2.75) is 103 Å². The third-order valence-electron chi connectivity index (χ3n) is 11.9. The molecule has 3 saturated heterocycles. The van der Waals surface area contributed by atoms with Gasteiger partial charge in [-0.05, 0) is 59.8 Å². The van der Waals surface area contributed by atoms with Crippen LogP contribution in [0, 0.1) is 11.8 Å². The first kappa shape index (κ1) is 41.7. The summed E-state index contributed by atoms with van der Waals surface area (Å²) in [5.74, 6) is 1.08. The number of hydrogen-bond donors (Lipinski definition) is 4. The Balaban J connectivity index is 0.941. The summed E-state index contributed by atoms with van der Waals surface area (Å²) in [5.41, 5.74) is 5.12. The van der Waals surface area contributed by atoms with E-state index in [0.717, 1.165) is 65.3 Å². The minimum absolute atomic E-state index is 0.00604. The van der Waals surface area contributed by atoms with Crippen molar-refractivity contribution in [1.29, 1.82) is 0 Å². The van der Waals surface area contributed by atoms with Gasteiger partial charge in [-0.2, -0.15) is 0 Å². The molecular weight excluding hydrogens is 753 g/mol. The first-order valence-electron chi connectivity index (χ1n) is 21.1. The van der Waals surface area contributed by atoms with Crippen LogP contribution < -0.4 is 16.0 Å². The van der Waals surface area contributed by atoms with Crippen molar-refractivity contribution in [3.05, 3.63) is 66.1 Å². The minimum Gasteiger partial charge on any atom is -0.453 e. The Morgan fingerprint density at radius 3 is 1.93 bits per heavy atom.